The second-order valence-electron chi connectivity index (χ2n) is 5.58. The molecule has 1 aliphatic carbocycles. The highest BCUT2D eigenvalue weighted by atomic mass is 15.0. The van der Waals surface area contributed by atoms with Crippen molar-refractivity contribution in [1.29, 1.82) is 0 Å². The Balaban J connectivity index is 1.93. The van der Waals surface area contributed by atoms with Gasteiger partial charge >= 0.3 is 0 Å². The average molecular weight is 279 g/mol. The molecule has 0 saturated heterocycles. The Morgan fingerprint density at radius 3 is 2.32 bits per heavy atom. The van der Waals surface area contributed by atoms with E-state index in [1.807, 2.05) is 0 Å². The first-order valence-electron chi connectivity index (χ1n) is 7.49. The Bertz CT molecular complexity index is 978. The number of hydrogen-bond donors (Lipinski definition) is 0. The first-order chi connectivity index (χ1) is 10.9. The van der Waals surface area contributed by atoms with E-state index in [-0.39, 0.29) is 0 Å². The van der Waals surface area contributed by atoms with Crippen molar-refractivity contribution in [3.05, 3.63) is 96.5 Å². The van der Waals surface area contributed by atoms with Gasteiger partial charge in [-0.2, -0.15) is 0 Å². The van der Waals surface area contributed by atoms with Crippen molar-refractivity contribution in [3.63, 3.8) is 0 Å². The van der Waals surface area contributed by atoms with Gasteiger partial charge < -0.3 is 4.57 Å². The second-order valence-corrected chi connectivity index (χ2v) is 5.58. The summed E-state index contributed by atoms with van der Waals surface area (Å²) in [5, 5.41) is 1.29. The van der Waals surface area contributed by atoms with E-state index in [4.69, 9.17) is 0 Å². The molecule has 1 heteroatoms. The van der Waals surface area contributed by atoms with Crippen LogP contribution in [0.25, 0.3) is 27.7 Å². The molecule has 0 fully saturated rings. The van der Waals surface area contributed by atoms with Crippen LogP contribution in [-0.4, -0.2) is 4.57 Å². The summed E-state index contributed by atoms with van der Waals surface area (Å²) in [4.78, 5) is 0. The fourth-order valence-corrected chi connectivity index (χ4v) is 3.41. The van der Waals surface area contributed by atoms with Gasteiger partial charge in [-0.25, -0.2) is 0 Å². The fraction of sp³-hybridized carbons (Fsp3) is 0. The zero-order valence-electron chi connectivity index (χ0n) is 12.0. The molecule has 0 spiro atoms. The van der Waals surface area contributed by atoms with Crippen LogP contribution in [0, 0.1) is 6.42 Å². The minimum absolute atomic E-state index is 1.16. The first kappa shape index (κ1) is 11.8. The number of rotatable bonds is 1. The molecule has 1 aromatic heterocycles. The van der Waals surface area contributed by atoms with Crippen LogP contribution in [0.5, 0.6) is 0 Å². The highest BCUT2D eigenvalue weighted by Crippen LogP contribution is 2.45. The van der Waals surface area contributed by atoms with E-state index >= 15 is 0 Å². The summed E-state index contributed by atoms with van der Waals surface area (Å²) in [5.74, 6) is 0. The van der Waals surface area contributed by atoms with Crippen LogP contribution < -0.4 is 0 Å². The van der Waals surface area contributed by atoms with Gasteiger partial charge in [0, 0.05) is 22.3 Å². The summed E-state index contributed by atoms with van der Waals surface area (Å²) in [6.07, 6.45) is 3.60. The van der Waals surface area contributed by atoms with E-state index in [0.717, 1.165) is 5.69 Å². The Morgan fingerprint density at radius 2 is 1.41 bits per heavy atom. The fourth-order valence-electron chi connectivity index (χ4n) is 3.41. The Kier molecular flexibility index (Phi) is 2.33. The van der Waals surface area contributed by atoms with Crippen LogP contribution in [0.1, 0.15) is 11.3 Å². The summed E-state index contributed by atoms with van der Waals surface area (Å²) >= 11 is 0. The SMILES string of the molecule is [C]1c2ccccc2-c2c1n(-c1ccccc1)c1ccccc21. The highest BCUT2D eigenvalue weighted by Gasteiger charge is 2.27. The molecule has 1 heterocycles. The average Bonchev–Trinajstić information content (AvgIpc) is 3.10. The third kappa shape index (κ3) is 1.48. The lowest BCUT2D eigenvalue weighted by atomic mass is 10.0. The molecule has 0 amide bonds. The molecule has 3 aromatic carbocycles. The van der Waals surface area contributed by atoms with Gasteiger partial charge in [-0.3, -0.25) is 0 Å². The van der Waals surface area contributed by atoms with Gasteiger partial charge in [0.15, 0.2) is 0 Å². The van der Waals surface area contributed by atoms with Crippen LogP contribution in [0.2, 0.25) is 0 Å². The van der Waals surface area contributed by atoms with Crippen LogP contribution in [0.3, 0.4) is 0 Å². The van der Waals surface area contributed by atoms with Gasteiger partial charge in [0.2, 0.25) is 0 Å². The highest BCUT2D eigenvalue weighted by molar-refractivity contribution is 6.03. The van der Waals surface area contributed by atoms with E-state index in [1.54, 1.807) is 0 Å². The predicted molar refractivity (Wildman–Crippen MR) is 90.2 cm³/mol. The maximum absolute atomic E-state index is 3.60. The zero-order valence-corrected chi connectivity index (χ0v) is 12.0. The number of nitrogens with zero attached hydrogens (tertiary/aromatic N) is 1. The first-order valence-corrected chi connectivity index (χ1v) is 7.49. The molecule has 5 rings (SSSR count). The molecular weight excluding hydrogens is 266 g/mol. The van der Waals surface area contributed by atoms with Gasteiger partial charge in [-0.1, -0.05) is 60.7 Å². The van der Waals surface area contributed by atoms with Crippen molar-refractivity contribution in [3.8, 4) is 16.8 Å². The van der Waals surface area contributed by atoms with E-state index in [0.29, 0.717) is 0 Å². The van der Waals surface area contributed by atoms with Crippen molar-refractivity contribution in [2.75, 3.05) is 0 Å². The second kappa shape index (κ2) is 4.35. The van der Waals surface area contributed by atoms with E-state index in [2.05, 4.69) is 89.9 Å². The molecule has 1 aliphatic rings. The molecule has 0 N–H and O–H groups in total. The zero-order chi connectivity index (χ0) is 14.5. The third-order valence-electron chi connectivity index (χ3n) is 4.34. The smallest absolute Gasteiger partial charge is 0.0701 e. The molecule has 102 valence electrons. The summed E-state index contributed by atoms with van der Waals surface area (Å²) in [5.41, 5.74) is 7.34. The maximum atomic E-state index is 3.60. The number of aromatic nitrogens is 1. The molecule has 0 saturated carbocycles. The van der Waals surface area contributed by atoms with Gasteiger partial charge in [0.05, 0.1) is 11.9 Å². The van der Waals surface area contributed by atoms with E-state index < -0.39 is 0 Å². The van der Waals surface area contributed by atoms with Gasteiger partial charge in [0.1, 0.15) is 0 Å². The lowest BCUT2D eigenvalue weighted by molar-refractivity contribution is 1.08. The van der Waals surface area contributed by atoms with Crippen LogP contribution in [-0.2, 0) is 0 Å². The summed E-state index contributed by atoms with van der Waals surface area (Å²) in [6, 6.07) is 27.6. The Hall–Kier alpha value is -2.80. The maximum Gasteiger partial charge on any atom is 0.0701 e. The third-order valence-corrected chi connectivity index (χ3v) is 4.34. The van der Waals surface area contributed by atoms with Crippen molar-refractivity contribution in [2.45, 2.75) is 0 Å². The van der Waals surface area contributed by atoms with Crippen LogP contribution in [0.15, 0.2) is 78.9 Å². The number of fused-ring (bicyclic) bond motifs is 5. The van der Waals surface area contributed by atoms with Crippen molar-refractivity contribution >= 4 is 10.9 Å². The minimum atomic E-state index is 1.16. The van der Waals surface area contributed by atoms with Crippen molar-refractivity contribution in [1.82, 2.24) is 4.57 Å². The number of benzene rings is 3. The number of hydrogen-bond acceptors (Lipinski definition) is 0. The van der Waals surface area contributed by atoms with Crippen molar-refractivity contribution in [2.24, 2.45) is 0 Å². The normalized spacial score (nSPS) is 12.4. The molecular formula is C21H13N. The molecule has 0 aliphatic heterocycles. The lowest BCUT2D eigenvalue weighted by Gasteiger charge is -2.09. The van der Waals surface area contributed by atoms with Crippen LogP contribution >= 0.6 is 0 Å². The molecule has 0 bridgehead atoms. The monoisotopic (exact) mass is 279 g/mol. The standard InChI is InChI=1S/C21H13N/c1-2-9-16(10-3-1)22-19-13-7-6-12-18(19)21-17-11-5-4-8-15(17)14-20(21)22/h1-13H. The molecule has 22 heavy (non-hydrogen) atoms. The summed E-state index contributed by atoms with van der Waals surface area (Å²) in [7, 11) is 0. The Labute approximate surface area is 129 Å². The van der Waals surface area contributed by atoms with Gasteiger partial charge in [0.25, 0.3) is 0 Å². The Morgan fingerprint density at radius 1 is 0.682 bits per heavy atom. The lowest BCUT2D eigenvalue weighted by Crippen LogP contribution is -1.97. The van der Waals surface area contributed by atoms with Gasteiger partial charge in [-0.15, -0.1) is 0 Å². The minimum Gasteiger partial charge on any atom is -0.312 e. The molecule has 0 atom stereocenters. The van der Waals surface area contributed by atoms with Crippen LogP contribution in [0.4, 0.5) is 0 Å². The summed E-state index contributed by atoms with van der Waals surface area (Å²) < 4.78 is 2.31. The van der Waals surface area contributed by atoms with E-state index in [9.17, 15) is 0 Å². The molecule has 2 radical (unpaired) electrons. The molecule has 0 unspecified atom stereocenters. The topological polar surface area (TPSA) is 4.93 Å². The number of para-hydroxylation sites is 2. The van der Waals surface area contributed by atoms with Crippen molar-refractivity contribution < 1.29 is 0 Å². The van der Waals surface area contributed by atoms with E-state index in [1.165, 1.54) is 33.3 Å². The summed E-state index contributed by atoms with van der Waals surface area (Å²) in [6.45, 7) is 0. The van der Waals surface area contributed by atoms with Gasteiger partial charge in [-0.05, 0) is 29.3 Å². The molecule has 1 nitrogen and oxygen atoms in total. The largest absolute Gasteiger partial charge is 0.312 e. The quantitative estimate of drug-likeness (QED) is 0.403. The predicted octanol–water partition coefficient (Wildman–Crippen LogP) is 5.09. The molecule has 4 aromatic rings.